The molecule has 50 heavy (non-hydrogen) atoms. The molecule has 0 aliphatic rings. The number of rotatable bonds is 4. The van der Waals surface area contributed by atoms with Gasteiger partial charge in [-0.05, 0) is 0 Å². The molecule has 2 heteroatoms. The Morgan fingerprint density at radius 1 is 0.360 bits per heavy atom. The van der Waals surface area contributed by atoms with Crippen LogP contribution in [0.1, 0.15) is 0 Å². The molecule has 0 saturated carbocycles. The monoisotopic (exact) mass is 699 g/mol. The van der Waals surface area contributed by atoms with Gasteiger partial charge < -0.3 is 0 Å². The van der Waals surface area contributed by atoms with Crippen molar-refractivity contribution >= 4 is 88.4 Å². The zero-order chi connectivity index (χ0) is 33.2. The van der Waals surface area contributed by atoms with Crippen molar-refractivity contribution in [1.29, 1.82) is 0 Å². The van der Waals surface area contributed by atoms with Crippen LogP contribution >= 0.6 is 0 Å². The van der Waals surface area contributed by atoms with E-state index in [4.69, 9.17) is 0 Å². The van der Waals surface area contributed by atoms with E-state index in [1.165, 1.54) is 85.0 Å². The zero-order valence-corrected chi connectivity index (χ0v) is 28.9. The van der Waals surface area contributed by atoms with Crippen LogP contribution < -0.4 is 0 Å². The maximum absolute atomic E-state index is 4.62. The Balaban J connectivity index is 1.20. The molecule has 0 unspecified atom stereocenters. The first-order chi connectivity index (χ1) is 24.8. The fourth-order valence-electron chi connectivity index (χ4n) is 8.06. The predicted molar refractivity (Wildman–Crippen MR) is 217 cm³/mol. The first-order valence-electron chi connectivity index (χ1n) is 16.9. The predicted octanol–water partition coefficient (Wildman–Crippen LogP) is 13.2. The van der Waals surface area contributed by atoms with E-state index >= 15 is 0 Å². The minimum absolute atomic E-state index is 0.210. The van der Waals surface area contributed by atoms with Crippen LogP contribution in [0.5, 0.6) is 0 Å². The van der Waals surface area contributed by atoms with E-state index in [0.29, 0.717) is 0 Å². The van der Waals surface area contributed by atoms with E-state index in [1.807, 2.05) is 0 Å². The first-order valence-corrected chi connectivity index (χ1v) is 18.6. The summed E-state index contributed by atoms with van der Waals surface area (Å²) >= 11 is 0.210. The molecule has 0 saturated heterocycles. The molecule has 10 aromatic rings. The average Bonchev–Trinajstić information content (AvgIpc) is 3.54. The molecule has 0 fully saturated rings. The van der Waals surface area contributed by atoms with Crippen LogP contribution in [0.2, 0.25) is 0 Å². The summed E-state index contributed by atoms with van der Waals surface area (Å²) in [6, 6.07) is 60.1. The van der Waals surface area contributed by atoms with Crippen LogP contribution in [0.3, 0.4) is 0 Å². The van der Waals surface area contributed by atoms with Gasteiger partial charge in [0.05, 0.1) is 0 Å². The minimum atomic E-state index is 0.210. The second-order valence-electron chi connectivity index (χ2n) is 12.8. The number of hydrogen-bond acceptors (Lipinski definition) is 1. The number of benzene rings is 9. The fourth-order valence-corrected chi connectivity index (χ4v) is 10.4. The van der Waals surface area contributed by atoms with Crippen molar-refractivity contribution in [2.45, 2.75) is 0 Å². The van der Waals surface area contributed by atoms with E-state index < -0.39 is 0 Å². The molecule has 0 spiro atoms. The molecule has 0 aliphatic heterocycles. The maximum atomic E-state index is 4.62. The molecule has 1 aromatic heterocycles. The van der Waals surface area contributed by atoms with Crippen molar-refractivity contribution in [3.05, 3.63) is 170 Å². The molecule has 232 valence electrons. The standard InChI is InChI=1S/C48H29NSe/c1-2-49-48-40-22-12-10-20-38(40)46(39-21-11-13-23-41(39)48)31-25-27-43-42(28-31)33-26-24-32(29-44(33)50-43)47-36-18-8-6-16-34(36)45(30-14-4-3-5-15-30)35-17-7-9-19-37(35)47/h3-29H,1H2. The van der Waals surface area contributed by atoms with Gasteiger partial charge in [0, 0.05) is 0 Å². The second-order valence-corrected chi connectivity index (χ2v) is 15.1. The van der Waals surface area contributed by atoms with E-state index in [9.17, 15) is 0 Å². The SMILES string of the molecule is C=C=Nc1c2ccccc2c(-c2ccc3[se]c4cc(-c5c6ccccc6c(-c6ccccc6)c6ccccc56)ccc4c3c2)c2ccccc12. The van der Waals surface area contributed by atoms with Gasteiger partial charge >= 0.3 is 297 Å². The fraction of sp³-hybridized carbons (Fsp3) is 0. The molecular formula is C48H29NSe. The molecule has 0 N–H and O–H groups in total. The van der Waals surface area contributed by atoms with E-state index in [1.54, 1.807) is 0 Å². The van der Waals surface area contributed by atoms with Crippen LogP contribution in [-0.4, -0.2) is 20.4 Å². The molecule has 0 radical (unpaired) electrons. The Bertz CT molecular complexity index is 2920. The van der Waals surface area contributed by atoms with E-state index in [0.717, 1.165) is 16.5 Å². The third-order valence-electron chi connectivity index (χ3n) is 10.1. The van der Waals surface area contributed by atoms with Crippen molar-refractivity contribution in [1.82, 2.24) is 0 Å². The van der Waals surface area contributed by atoms with Crippen molar-refractivity contribution in [2.75, 3.05) is 0 Å². The summed E-state index contributed by atoms with van der Waals surface area (Å²) in [5.74, 6) is 2.80. The van der Waals surface area contributed by atoms with Gasteiger partial charge in [-0.2, -0.15) is 0 Å². The molecule has 1 nitrogen and oxygen atoms in total. The summed E-state index contributed by atoms with van der Waals surface area (Å²) in [4.78, 5) is 4.62. The normalized spacial score (nSPS) is 11.6. The first kappa shape index (κ1) is 29.0. The topological polar surface area (TPSA) is 12.4 Å². The number of nitrogens with zero attached hydrogens (tertiary/aromatic N) is 1. The van der Waals surface area contributed by atoms with Gasteiger partial charge in [0.1, 0.15) is 0 Å². The van der Waals surface area contributed by atoms with Gasteiger partial charge in [0.2, 0.25) is 0 Å². The molecule has 9 aromatic carbocycles. The Hall–Kier alpha value is -6.01. The summed E-state index contributed by atoms with van der Waals surface area (Å²) in [5.41, 5.74) is 8.54. The van der Waals surface area contributed by atoms with E-state index in [-0.39, 0.29) is 14.5 Å². The van der Waals surface area contributed by atoms with Crippen molar-refractivity contribution in [3.8, 4) is 33.4 Å². The third kappa shape index (κ3) is 4.37. The van der Waals surface area contributed by atoms with Gasteiger partial charge in [-0.25, -0.2) is 0 Å². The average molecular weight is 699 g/mol. The quantitative estimate of drug-likeness (QED) is 0.0986. The summed E-state index contributed by atoms with van der Waals surface area (Å²) in [6.45, 7) is 3.79. The Morgan fingerprint density at radius 2 is 0.800 bits per heavy atom. The summed E-state index contributed by atoms with van der Waals surface area (Å²) in [6.07, 6.45) is 0. The number of fused-ring (bicyclic) bond motifs is 7. The molecule has 0 aliphatic carbocycles. The van der Waals surface area contributed by atoms with Crippen molar-refractivity contribution in [3.63, 3.8) is 0 Å². The van der Waals surface area contributed by atoms with Gasteiger partial charge in [0.15, 0.2) is 0 Å². The molecule has 1 heterocycles. The Kier molecular flexibility index (Phi) is 6.69. The van der Waals surface area contributed by atoms with Gasteiger partial charge in [0.25, 0.3) is 0 Å². The van der Waals surface area contributed by atoms with Crippen LogP contribution in [0.25, 0.3) is 95.8 Å². The third-order valence-corrected chi connectivity index (χ3v) is 12.5. The van der Waals surface area contributed by atoms with Crippen LogP contribution in [0.15, 0.2) is 175 Å². The number of aliphatic imine (C=N–C) groups is 1. The van der Waals surface area contributed by atoms with Crippen molar-refractivity contribution < 1.29 is 0 Å². The Morgan fingerprint density at radius 3 is 1.34 bits per heavy atom. The number of hydrogen-bond donors (Lipinski definition) is 0. The Labute approximate surface area is 295 Å². The molecule has 0 amide bonds. The second kappa shape index (κ2) is 11.6. The molecule has 10 rings (SSSR count). The summed E-state index contributed by atoms with van der Waals surface area (Å²) in [7, 11) is 0. The van der Waals surface area contributed by atoms with Gasteiger partial charge in [-0.1, -0.05) is 0 Å². The van der Waals surface area contributed by atoms with Crippen LogP contribution in [0, 0.1) is 0 Å². The molecule has 0 bridgehead atoms. The van der Waals surface area contributed by atoms with E-state index in [2.05, 4.69) is 181 Å². The van der Waals surface area contributed by atoms with Crippen LogP contribution in [-0.2, 0) is 0 Å². The molecular weight excluding hydrogens is 669 g/mol. The summed E-state index contributed by atoms with van der Waals surface area (Å²) in [5, 5.41) is 12.5. The molecule has 0 atom stereocenters. The van der Waals surface area contributed by atoms with Gasteiger partial charge in [-0.3, -0.25) is 0 Å². The zero-order valence-electron chi connectivity index (χ0n) is 27.2. The summed E-state index contributed by atoms with van der Waals surface area (Å²) < 4.78 is 2.87. The van der Waals surface area contributed by atoms with Crippen molar-refractivity contribution in [2.24, 2.45) is 4.99 Å². The van der Waals surface area contributed by atoms with Gasteiger partial charge in [-0.15, -0.1) is 0 Å². The van der Waals surface area contributed by atoms with Crippen LogP contribution in [0.4, 0.5) is 5.69 Å².